The summed E-state index contributed by atoms with van der Waals surface area (Å²) in [5, 5.41) is 37.3. The summed E-state index contributed by atoms with van der Waals surface area (Å²) in [7, 11) is 5.16. The molecule has 0 unspecified atom stereocenters. The third-order valence-corrected chi connectivity index (χ3v) is 8.98. The van der Waals surface area contributed by atoms with Crippen LogP contribution in [0.25, 0.3) is 11.1 Å². The SMILES string of the molecule is COc1c(CN2O[C@@H](CO)[C@H]([C@H](C)O)[C@H]2C(=O)N[C@H]2CCC[C@H](C)[C@@H]2C)cccc1-c1cc(N(C)C)cc([N+](=O)[O-])c1. The Balaban J connectivity index is 1.70. The monoisotopic (exact) mass is 584 g/mol. The fourth-order valence-electron chi connectivity index (χ4n) is 6.39. The average Bonchev–Trinajstić information content (AvgIpc) is 3.33. The topological polar surface area (TPSA) is 138 Å². The number of aliphatic hydroxyl groups excluding tert-OH is 2. The molecule has 0 aromatic heterocycles. The Hall–Kier alpha value is -3.25. The Morgan fingerprint density at radius 1 is 1.26 bits per heavy atom. The first-order valence-electron chi connectivity index (χ1n) is 14.6. The highest BCUT2D eigenvalue weighted by Crippen LogP contribution is 2.40. The normalized spacial score (nSPS) is 27.0. The molecule has 1 amide bonds. The summed E-state index contributed by atoms with van der Waals surface area (Å²) in [5.41, 5.74) is 2.58. The van der Waals surface area contributed by atoms with Gasteiger partial charge in [0, 0.05) is 55.0 Å². The molecule has 2 aromatic carbocycles. The van der Waals surface area contributed by atoms with Gasteiger partial charge in [0.2, 0.25) is 5.91 Å². The fourth-order valence-corrected chi connectivity index (χ4v) is 6.39. The van der Waals surface area contributed by atoms with Gasteiger partial charge in [0.25, 0.3) is 5.69 Å². The third kappa shape index (κ3) is 6.54. The second kappa shape index (κ2) is 13.4. The summed E-state index contributed by atoms with van der Waals surface area (Å²) in [4.78, 5) is 33.0. The highest BCUT2D eigenvalue weighted by Gasteiger charge is 2.50. The van der Waals surface area contributed by atoms with Crippen LogP contribution in [0.1, 0.15) is 45.6 Å². The molecule has 11 heteroatoms. The molecule has 11 nitrogen and oxygen atoms in total. The maximum Gasteiger partial charge on any atom is 0.272 e. The number of nitro groups is 1. The molecule has 1 saturated heterocycles. The van der Waals surface area contributed by atoms with E-state index in [-0.39, 0.29) is 30.8 Å². The first-order chi connectivity index (χ1) is 20.0. The Labute approximate surface area is 247 Å². The van der Waals surface area contributed by atoms with Crippen molar-refractivity contribution in [3.63, 3.8) is 0 Å². The van der Waals surface area contributed by atoms with Crippen molar-refractivity contribution in [3.8, 4) is 16.9 Å². The molecular weight excluding hydrogens is 540 g/mol. The van der Waals surface area contributed by atoms with Crippen molar-refractivity contribution in [2.45, 2.75) is 70.9 Å². The quantitative estimate of drug-likeness (QED) is 0.282. The van der Waals surface area contributed by atoms with Gasteiger partial charge >= 0.3 is 0 Å². The standard InChI is InChI=1S/C31H44N4O7/c1-18-9-7-12-26(19(18)2)32-31(38)29-28(20(3)37)27(17-36)42-34(29)16-21-10-8-11-25(30(21)41-6)22-13-23(33(4)5)15-24(14-22)35(39)40/h8,10-11,13-15,18-20,26-29,36-37H,7,9,12,16-17H2,1-6H3,(H,32,38)/t18-,19-,20-,26-,27-,28-,29-/m0/s1. The predicted molar refractivity (Wildman–Crippen MR) is 160 cm³/mol. The summed E-state index contributed by atoms with van der Waals surface area (Å²) in [5.74, 6) is 0.399. The van der Waals surface area contributed by atoms with Gasteiger partial charge < -0.3 is 25.2 Å². The maximum atomic E-state index is 13.9. The van der Waals surface area contributed by atoms with Crippen molar-refractivity contribution < 1.29 is 29.5 Å². The number of nitrogens with zero attached hydrogens (tertiary/aromatic N) is 3. The predicted octanol–water partition coefficient (Wildman–Crippen LogP) is 3.75. The van der Waals surface area contributed by atoms with Gasteiger partial charge in [0.15, 0.2) is 0 Å². The molecular formula is C31H44N4O7. The number of para-hydroxylation sites is 1. The number of methoxy groups -OCH3 is 1. The number of carbonyl (C=O) groups is 1. The number of ether oxygens (including phenoxy) is 1. The van der Waals surface area contributed by atoms with E-state index in [4.69, 9.17) is 9.57 Å². The van der Waals surface area contributed by atoms with Gasteiger partial charge in [-0.05, 0) is 36.8 Å². The molecule has 2 fully saturated rings. The number of hydroxylamine groups is 2. The smallest absolute Gasteiger partial charge is 0.272 e. The van der Waals surface area contributed by atoms with Gasteiger partial charge in [-0.3, -0.25) is 19.7 Å². The number of anilines is 1. The lowest BCUT2D eigenvalue weighted by Gasteiger charge is -2.36. The average molecular weight is 585 g/mol. The van der Waals surface area contributed by atoms with Gasteiger partial charge in [0.1, 0.15) is 17.9 Å². The highest BCUT2D eigenvalue weighted by molar-refractivity contribution is 5.83. The molecule has 3 N–H and O–H groups in total. The van der Waals surface area contributed by atoms with Gasteiger partial charge in [-0.1, -0.05) is 44.9 Å². The number of nitro benzene ring substituents is 1. The second-order valence-electron chi connectivity index (χ2n) is 11.9. The number of carbonyl (C=O) groups excluding carboxylic acids is 1. The minimum Gasteiger partial charge on any atom is -0.496 e. The van der Waals surface area contributed by atoms with Crippen LogP contribution in [0.15, 0.2) is 36.4 Å². The molecule has 1 heterocycles. The largest absolute Gasteiger partial charge is 0.496 e. The Bertz CT molecular complexity index is 1270. The molecule has 1 aliphatic carbocycles. The van der Waals surface area contributed by atoms with Crippen LogP contribution in [0, 0.1) is 27.9 Å². The van der Waals surface area contributed by atoms with E-state index in [2.05, 4.69) is 19.2 Å². The van der Waals surface area contributed by atoms with E-state index in [9.17, 15) is 25.1 Å². The van der Waals surface area contributed by atoms with E-state index < -0.39 is 29.1 Å². The molecule has 0 bridgehead atoms. The second-order valence-corrected chi connectivity index (χ2v) is 11.9. The van der Waals surface area contributed by atoms with Crippen molar-refractivity contribution >= 4 is 17.3 Å². The summed E-state index contributed by atoms with van der Waals surface area (Å²) in [6.45, 7) is 5.74. The number of hydrogen-bond donors (Lipinski definition) is 3. The van der Waals surface area contributed by atoms with E-state index in [1.165, 1.54) is 24.3 Å². The fraction of sp³-hybridized carbons (Fsp3) is 0.581. The molecule has 0 radical (unpaired) electrons. The zero-order chi connectivity index (χ0) is 30.7. The summed E-state index contributed by atoms with van der Waals surface area (Å²) in [6, 6.07) is 9.55. The maximum absolute atomic E-state index is 13.9. The molecule has 1 saturated carbocycles. The van der Waals surface area contributed by atoms with Gasteiger partial charge in [-0.15, -0.1) is 0 Å². The minimum atomic E-state index is -0.909. The van der Waals surface area contributed by atoms with E-state index in [1.54, 1.807) is 11.8 Å². The Kier molecular flexibility index (Phi) is 10.1. The van der Waals surface area contributed by atoms with E-state index in [1.807, 2.05) is 38.4 Å². The zero-order valence-corrected chi connectivity index (χ0v) is 25.3. The first kappa shape index (κ1) is 31.7. The first-order valence-corrected chi connectivity index (χ1v) is 14.6. The number of nitrogens with one attached hydrogen (secondary N) is 1. The van der Waals surface area contributed by atoms with Crippen molar-refractivity contribution in [2.75, 3.05) is 32.7 Å². The Morgan fingerprint density at radius 3 is 2.62 bits per heavy atom. The Morgan fingerprint density at radius 2 is 2.00 bits per heavy atom. The highest BCUT2D eigenvalue weighted by atomic mass is 16.7. The van der Waals surface area contributed by atoms with E-state index >= 15 is 0 Å². The van der Waals surface area contributed by atoms with E-state index in [0.29, 0.717) is 40.0 Å². The van der Waals surface area contributed by atoms with Crippen LogP contribution in [0.3, 0.4) is 0 Å². The molecule has 2 aromatic rings. The lowest BCUT2D eigenvalue weighted by Crippen LogP contribution is -2.53. The summed E-state index contributed by atoms with van der Waals surface area (Å²) in [6.07, 6.45) is 1.38. The van der Waals surface area contributed by atoms with Crippen molar-refractivity contribution in [1.82, 2.24) is 10.4 Å². The molecule has 230 valence electrons. The summed E-state index contributed by atoms with van der Waals surface area (Å²) < 4.78 is 5.85. The molecule has 1 aliphatic heterocycles. The number of benzene rings is 2. The molecule has 0 spiro atoms. The number of amides is 1. The van der Waals surface area contributed by atoms with Gasteiger partial charge in [-0.2, -0.15) is 5.06 Å². The van der Waals surface area contributed by atoms with Crippen LogP contribution in [-0.2, 0) is 16.2 Å². The molecule has 2 aliphatic rings. The van der Waals surface area contributed by atoms with Crippen molar-refractivity contribution in [2.24, 2.45) is 17.8 Å². The zero-order valence-electron chi connectivity index (χ0n) is 25.3. The third-order valence-electron chi connectivity index (χ3n) is 8.98. The number of rotatable bonds is 10. The summed E-state index contributed by atoms with van der Waals surface area (Å²) >= 11 is 0. The van der Waals surface area contributed by atoms with Crippen LogP contribution < -0.4 is 15.0 Å². The van der Waals surface area contributed by atoms with Crippen LogP contribution in [0.5, 0.6) is 5.75 Å². The molecule has 42 heavy (non-hydrogen) atoms. The van der Waals surface area contributed by atoms with E-state index in [0.717, 1.165) is 19.3 Å². The van der Waals surface area contributed by atoms with Crippen LogP contribution in [-0.4, -0.2) is 78.2 Å². The number of hydrogen-bond acceptors (Lipinski definition) is 9. The van der Waals surface area contributed by atoms with Crippen LogP contribution in [0.4, 0.5) is 11.4 Å². The molecule has 7 atom stereocenters. The lowest BCUT2D eigenvalue weighted by molar-refractivity contribution is -0.384. The van der Waals surface area contributed by atoms with Crippen molar-refractivity contribution in [1.29, 1.82) is 0 Å². The van der Waals surface area contributed by atoms with Gasteiger partial charge in [0.05, 0.1) is 31.3 Å². The number of non-ortho nitro benzene ring substituents is 1. The van der Waals surface area contributed by atoms with Gasteiger partial charge in [-0.25, -0.2) is 0 Å². The molecule has 4 rings (SSSR count). The van der Waals surface area contributed by atoms with Crippen LogP contribution >= 0.6 is 0 Å². The minimum absolute atomic E-state index is 0.0172. The number of aliphatic hydroxyl groups is 2. The van der Waals surface area contributed by atoms with Crippen LogP contribution in [0.2, 0.25) is 0 Å². The van der Waals surface area contributed by atoms with Crippen molar-refractivity contribution in [3.05, 3.63) is 52.1 Å². The lowest BCUT2D eigenvalue weighted by atomic mass is 9.77.